The van der Waals surface area contributed by atoms with Crippen LogP contribution in [0.5, 0.6) is 5.75 Å². The van der Waals surface area contributed by atoms with Crippen LogP contribution in [0.4, 0.5) is 11.4 Å². The smallest absolute Gasteiger partial charge is 0.121 e. The summed E-state index contributed by atoms with van der Waals surface area (Å²) < 4.78 is 5.46. The van der Waals surface area contributed by atoms with Crippen molar-refractivity contribution in [1.29, 1.82) is 0 Å². The fourth-order valence-corrected chi connectivity index (χ4v) is 1.98. The van der Waals surface area contributed by atoms with Crippen LogP contribution in [0.1, 0.15) is 20.8 Å². The number of nitrogen functional groups attached to an aromatic ring is 1. The maximum Gasteiger partial charge on any atom is 0.121 e. The molecular weight excluding hydrogens is 260 g/mol. The summed E-state index contributed by atoms with van der Waals surface area (Å²) in [6.45, 7) is 9.12. The molecule has 0 spiro atoms. The van der Waals surface area contributed by atoms with Gasteiger partial charge in [0.25, 0.3) is 0 Å². The number of hydrogen-bond acceptors (Lipinski definition) is 3. The van der Waals surface area contributed by atoms with E-state index in [9.17, 15) is 0 Å². The van der Waals surface area contributed by atoms with E-state index in [1.165, 1.54) is 5.69 Å². The number of hydrogen-bond donors (Lipinski definition) is 1. The second-order valence-electron chi connectivity index (χ2n) is 4.51. The van der Waals surface area contributed by atoms with Gasteiger partial charge in [-0.15, -0.1) is 0 Å². The molecule has 0 amide bonds. The van der Waals surface area contributed by atoms with Gasteiger partial charge in [0.1, 0.15) is 5.75 Å². The number of benzene rings is 2. The molecule has 0 aliphatic carbocycles. The summed E-state index contributed by atoms with van der Waals surface area (Å²) in [7, 11) is 0. The Kier molecular flexibility index (Phi) is 7.80. The van der Waals surface area contributed by atoms with Crippen LogP contribution < -0.4 is 15.4 Å². The number of nitrogens with two attached hydrogens (primary N) is 1. The summed E-state index contributed by atoms with van der Waals surface area (Å²) in [4.78, 5) is 2.31. The predicted octanol–water partition coefficient (Wildman–Crippen LogP) is 4.20. The lowest BCUT2D eigenvalue weighted by Crippen LogP contribution is -2.21. The predicted molar refractivity (Wildman–Crippen MR) is 92.0 cm³/mol. The summed E-state index contributed by atoms with van der Waals surface area (Å²) in [5, 5.41) is 0. The molecule has 0 aromatic heterocycles. The minimum atomic E-state index is 0.724. The highest BCUT2D eigenvalue weighted by atomic mass is 16.5. The molecule has 0 bridgehead atoms. The molecule has 0 atom stereocenters. The maximum atomic E-state index is 5.46. The van der Waals surface area contributed by atoms with E-state index in [4.69, 9.17) is 10.5 Å². The van der Waals surface area contributed by atoms with Gasteiger partial charge in [0.05, 0.1) is 6.61 Å². The lowest BCUT2D eigenvalue weighted by Gasteiger charge is -2.21. The maximum absolute atomic E-state index is 5.46. The van der Waals surface area contributed by atoms with Crippen molar-refractivity contribution in [3.63, 3.8) is 0 Å². The molecule has 3 nitrogen and oxygen atoms in total. The first-order valence-electron chi connectivity index (χ1n) is 7.49. The Morgan fingerprint density at radius 2 is 1.57 bits per heavy atom. The zero-order chi connectivity index (χ0) is 15.5. The first-order valence-corrected chi connectivity index (χ1v) is 7.49. The average Bonchev–Trinajstić information content (AvgIpc) is 2.51. The Balaban J connectivity index is 0.000000262. The standard InChI is InChI=1S/C12H19NO.C6H7N/c1-4-13(5-2)11-8-7-9-12(10-11)14-6-3;7-6-4-2-1-3-5-6/h7-10H,4-6H2,1-3H3;1-5H,7H2. The fraction of sp³-hybridized carbons (Fsp3) is 0.333. The van der Waals surface area contributed by atoms with Gasteiger partial charge in [0, 0.05) is 30.5 Å². The van der Waals surface area contributed by atoms with E-state index in [-0.39, 0.29) is 0 Å². The van der Waals surface area contributed by atoms with Gasteiger partial charge in [-0.05, 0) is 45.0 Å². The lowest BCUT2D eigenvalue weighted by molar-refractivity contribution is 0.340. The van der Waals surface area contributed by atoms with Gasteiger partial charge in [-0.25, -0.2) is 0 Å². The number of para-hydroxylation sites is 1. The Labute approximate surface area is 128 Å². The van der Waals surface area contributed by atoms with Crippen molar-refractivity contribution in [3.05, 3.63) is 54.6 Å². The summed E-state index contributed by atoms with van der Waals surface area (Å²) in [5.74, 6) is 0.955. The first-order chi connectivity index (χ1) is 10.2. The van der Waals surface area contributed by atoms with E-state index in [1.807, 2.05) is 49.4 Å². The monoisotopic (exact) mass is 286 g/mol. The minimum Gasteiger partial charge on any atom is -0.494 e. The van der Waals surface area contributed by atoms with Crippen LogP contribution in [0.15, 0.2) is 54.6 Å². The van der Waals surface area contributed by atoms with Gasteiger partial charge in [-0.2, -0.15) is 0 Å². The molecular formula is C18H26N2O. The largest absolute Gasteiger partial charge is 0.494 e. The van der Waals surface area contributed by atoms with Gasteiger partial charge in [0.2, 0.25) is 0 Å². The van der Waals surface area contributed by atoms with E-state index in [2.05, 4.69) is 30.9 Å². The SMILES string of the molecule is CCOc1cccc(N(CC)CC)c1.Nc1ccccc1. The highest BCUT2D eigenvalue weighted by molar-refractivity contribution is 5.50. The van der Waals surface area contributed by atoms with E-state index in [0.717, 1.165) is 31.1 Å². The lowest BCUT2D eigenvalue weighted by atomic mass is 10.2. The van der Waals surface area contributed by atoms with Crippen molar-refractivity contribution in [2.75, 3.05) is 30.3 Å². The van der Waals surface area contributed by atoms with E-state index in [0.29, 0.717) is 0 Å². The van der Waals surface area contributed by atoms with Crippen LogP contribution in [0.2, 0.25) is 0 Å². The molecule has 2 N–H and O–H groups in total. The molecule has 3 heteroatoms. The highest BCUT2D eigenvalue weighted by Gasteiger charge is 2.02. The van der Waals surface area contributed by atoms with E-state index >= 15 is 0 Å². The number of anilines is 2. The topological polar surface area (TPSA) is 38.5 Å². The van der Waals surface area contributed by atoms with Crippen LogP contribution in [0.25, 0.3) is 0 Å². The normalized spacial score (nSPS) is 9.48. The molecule has 2 aromatic carbocycles. The molecule has 0 aliphatic heterocycles. The Morgan fingerprint density at radius 3 is 2.05 bits per heavy atom. The van der Waals surface area contributed by atoms with Crippen molar-refractivity contribution >= 4 is 11.4 Å². The average molecular weight is 286 g/mol. The molecule has 0 heterocycles. The van der Waals surface area contributed by atoms with Crippen LogP contribution >= 0.6 is 0 Å². The zero-order valence-corrected chi connectivity index (χ0v) is 13.3. The minimum absolute atomic E-state index is 0.724. The van der Waals surface area contributed by atoms with Crippen LogP contribution in [-0.2, 0) is 0 Å². The fourth-order valence-electron chi connectivity index (χ4n) is 1.98. The second kappa shape index (κ2) is 9.70. The summed E-state index contributed by atoms with van der Waals surface area (Å²) in [5.41, 5.74) is 7.42. The van der Waals surface area contributed by atoms with Gasteiger partial charge < -0.3 is 15.4 Å². The summed E-state index contributed by atoms with van der Waals surface area (Å²) in [6.07, 6.45) is 0. The first kappa shape index (κ1) is 16.9. The third-order valence-electron chi connectivity index (χ3n) is 3.06. The van der Waals surface area contributed by atoms with Crippen LogP contribution in [0, 0.1) is 0 Å². The molecule has 114 valence electrons. The second-order valence-corrected chi connectivity index (χ2v) is 4.51. The molecule has 0 radical (unpaired) electrons. The van der Waals surface area contributed by atoms with Gasteiger partial charge >= 0.3 is 0 Å². The van der Waals surface area contributed by atoms with Crippen molar-refractivity contribution in [1.82, 2.24) is 0 Å². The van der Waals surface area contributed by atoms with Crippen molar-refractivity contribution in [3.8, 4) is 5.75 Å². The van der Waals surface area contributed by atoms with Gasteiger partial charge in [-0.1, -0.05) is 24.3 Å². The molecule has 0 fully saturated rings. The summed E-state index contributed by atoms with van der Waals surface area (Å²) >= 11 is 0. The molecule has 2 aromatic rings. The van der Waals surface area contributed by atoms with Crippen LogP contribution in [0.3, 0.4) is 0 Å². The van der Waals surface area contributed by atoms with E-state index in [1.54, 1.807) is 0 Å². The molecule has 0 aliphatic rings. The molecule has 0 unspecified atom stereocenters. The molecule has 2 rings (SSSR count). The quantitative estimate of drug-likeness (QED) is 0.837. The van der Waals surface area contributed by atoms with Crippen molar-refractivity contribution < 1.29 is 4.74 Å². The molecule has 21 heavy (non-hydrogen) atoms. The van der Waals surface area contributed by atoms with Crippen LogP contribution in [-0.4, -0.2) is 19.7 Å². The number of nitrogens with zero attached hydrogens (tertiary/aromatic N) is 1. The van der Waals surface area contributed by atoms with Gasteiger partial charge in [0.15, 0.2) is 0 Å². The Bertz CT molecular complexity index is 496. The van der Waals surface area contributed by atoms with Gasteiger partial charge in [-0.3, -0.25) is 0 Å². The van der Waals surface area contributed by atoms with E-state index < -0.39 is 0 Å². The Hall–Kier alpha value is -2.16. The third kappa shape index (κ3) is 6.21. The summed E-state index contributed by atoms with van der Waals surface area (Å²) in [6, 6.07) is 17.7. The number of rotatable bonds is 5. The Morgan fingerprint density at radius 1 is 0.905 bits per heavy atom. The zero-order valence-electron chi connectivity index (χ0n) is 13.3. The highest BCUT2D eigenvalue weighted by Crippen LogP contribution is 2.20. The molecule has 0 saturated heterocycles. The van der Waals surface area contributed by atoms with Crippen molar-refractivity contribution in [2.45, 2.75) is 20.8 Å². The third-order valence-corrected chi connectivity index (χ3v) is 3.06. The van der Waals surface area contributed by atoms with Crippen molar-refractivity contribution in [2.24, 2.45) is 0 Å². The number of ether oxygens (including phenoxy) is 1. The molecule has 0 saturated carbocycles.